The molecule has 2 aliphatic carbocycles. The minimum atomic E-state index is 0.278. The lowest BCUT2D eigenvalue weighted by Gasteiger charge is -2.27. The van der Waals surface area contributed by atoms with Crippen molar-refractivity contribution in [2.45, 2.75) is 25.0 Å². The van der Waals surface area contributed by atoms with Crippen LogP contribution in [0.5, 0.6) is 6.01 Å². The Labute approximate surface area is 108 Å². The first-order chi connectivity index (χ1) is 8.31. The van der Waals surface area contributed by atoms with Crippen molar-refractivity contribution in [3.8, 4) is 6.01 Å². The standard InChI is InChI=1S/C12H14BrN3O/c13-8-4-15-12(16-5-8)17-11-6-1-7-3-14-10(11)9(7)2-6/h4-7,9-11,14H,1-3H2. The Morgan fingerprint density at radius 3 is 2.88 bits per heavy atom. The first-order valence-corrected chi connectivity index (χ1v) is 6.98. The van der Waals surface area contributed by atoms with Gasteiger partial charge in [-0.1, -0.05) is 0 Å². The topological polar surface area (TPSA) is 47.0 Å². The second-order valence-corrected chi connectivity index (χ2v) is 6.27. The Morgan fingerprint density at radius 2 is 2.06 bits per heavy atom. The second kappa shape index (κ2) is 3.65. The number of aromatic nitrogens is 2. The number of fused-ring (bicyclic) bond motifs is 1. The molecule has 4 nitrogen and oxygen atoms in total. The van der Waals surface area contributed by atoms with Crippen molar-refractivity contribution in [3.63, 3.8) is 0 Å². The number of ether oxygens (including phenoxy) is 1. The fourth-order valence-electron chi connectivity index (χ4n) is 3.89. The van der Waals surface area contributed by atoms with Crippen LogP contribution in [0.1, 0.15) is 12.8 Å². The maximum absolute atomic E-state index is 5.99. The van der Waals surface area contributed by atoms with Crippen molar-refractivity contribution in [3.05, 3.63) is 16.9 Å². The van der Waals surface area contributed by atoms with E-state index in [2.05, 4.69) is 31.2 Å². The average Bonchev–Trinajstić information content (AvgIpc) is 2.93. The van der Waals surface area contributed by atoms with Crippen LogP contribution in [0.25, 0.3) is 0 Å². The predicted molar refractivity (Wildman–Crippen MR) is 65.6 cm³/mol. The molecule has 0 amide bonds. The highest BCUT2D eigenvalue weighted by molar-refractivity contribution is 9.10. The van der Waals surface area contributed by atoms with Gasteiger partial charge >= 0.3 is 6.01 Å². The highest BCUT2D eigenvalue weighted by Gasteiger charge is 2.57. The summed E-state index contributed by atoms with van der Waals surface area (Å²) < 4.78 is 6.87. The van der Waals surface area contributed by atoms with Crippen molar-refractivity contribution >= 4 is 15.9 Å². The van der Waals surface area contributed by atoms with Gasteiger partial charge in [0.1, 0.15) is 6.10 Å². The van der Waals surface area contributed by atoms with Crippen LogP contribution in [0, 0.1) is 17.8 Å². The minimum absolute atomic E-state index is 0.278. The quantitative estimate of drug-likeness (QED) is 0.901. The molecule has 2 bridgehead atoms. The molecule has 4 rings (SSSR count). The molecule has 17 heavy (non-hydrogen) atoms. The summed E-state index contributed by atoms with van der Waals surface area (Å²) in [7, 11) is 0. The number of halogens is 1. The molecule has 0 radical (unpaired) electrons. The summed E-state index contributed by atoms with van der Waals surface area (Å²) in [6.45, 7) is 1.17. The van der Waals surface area contributed by atoms with E-state index in [0.717, 1.165) is 16.3 Å². The van der Waals surface area contributed by atoms with Gasteiger partial charge in [-0.05, 0) is 53.1 Å². The number of hydrogen-bond acceptors (Lipinski definition) is 4. The van der Waals surface area contributed by atoms with Crippen molar-refractivity contribution in [2.24, 2.45) is 17.8 Å². The lowest BCUT2D eigenvalue weighted by Crippen LogP contribution is -2.41. The molecule has 0 aromatic carbocycles. The van der Waals surface area contributed by atoms with E-state index in [-0.39, 0.29) is 6.10 Å². The van der Waals surface area contributed by atoms with Crippen LogP contribution in [0.15, 0.2) is 16.9 Å². The molecule has 3 aliphatic rings. The summed E-state index contributed by atoms with van der Waals surface area (Å²) in [4.78, 5) is 8.40. The van der Waals surface area contributed by atoms with Gasteiger partial charge in [0.25, 0.3) is 0 Å². The van der Waals surface area contributed by atoms with Crippen LogP contribution in [0.4, 0.5) is 0 Å². The summed E-state index contributed by atoms with van der Waals surface area (Å²) in [5.41, 5.74) is 0. The van der Waals surface area contributed by atoms with Gasteiger partial charge in [-0.3, -0.25) is 0 Å². The molecule has 90 valence electrons. The highest BCUT2D eigenvalue weighted by atomic mass is 79.9. The number of nitrogens with one attached hydrogen (secondary N) is 1. The molecule has 2 heterocycles. The molecule has 5 unspecified atom stereocenters. The van der Waals surface area contributed by atoms with Gasteiger partial charge in [-0.25, -0.2) is 9.97 Å². The van der Waals surface area contributed by atoms with Gasteiger partial charge in [0.05, 0.1) is 4.47 Å². The zero-order chi connectivity index (χ0) is 11.4. The molecule has 0 spiro atoms. The van der Waals surface area contributed by atoms with E-state index in [1.54, 1.807) is 12.4 Å². The highest BCUT2D eigenvalue weighted by Crippen LogP contribution is 2.52. The van der Waals surface area contributed by atoms with Crippen LogP contribution in [-0.4, -0.2) is 28.7 Å². The van der Waals surface area contributed by atoms with E-state index >= 15 is 0 Å². The van der Waals surface area contributed by atoms with Gasteiger partial charge in [0.15, 0.2) is 0 Å². The Kier molecular flexibility index (Phi) is 2.21. The Morgan fingerprint density at radius 1 is 1.24 bits per heavy atom. The zero-order valence-electron chi connectivity index (χ0n) is 9.34. The molecule has 1 aliphatic heterocycles. The Hall–Kier alpha value is -0.680. The van der Waals surface area contributed by atoms with Crippen LogP contribution < -0.4 is 10.1 Å². The van der Waals surface area contributed by atoms with E-state index < -0.39 is 0 Å². The van der Waals surface area contributed by atoms with Crippen molar-refractivity contribution in [1.82, 2.24) is 15.3 Å². The van der Waals surface area contributed by atoms with E-state index in [0.29, 0.717) is 18.0 Å². The Bertz CT molecular complexity index is 436. The van der Waals surface area contributed by atoms with Crippen LogP contribution in [-0.2, 0) is 0 Å². The summed E-state index contributed by atoms with van der Waals surface area (Å²) in [6.07, 6.45) is 6.39. The molecule has 1 aromatic heterocycles. The maximum Gasteiger partial charge on any atom is 0.316 e. The Balaban J connectivity index is 1.55. The monoisotopic (exact) mass is 295 g/mol. The van der Waals surface area contributed by atoms with Crippen molar-refractivity contribution in [1.29, 1.82) is 0 Å². The molecule has 1 N–H and O–H groups in total. The van der Waals surface area contributed by atoms with E-state index in [4.69, 9.17) is 4.74 Å². The van der Waals surface area contributed by atoms with Crippen LogP contribution >= 0.6 is 15.9 Å². The van der Waals surface area contributed by atoms with Crippen LogP contribution in [0.3, 0.4) is 0 Å². The van der Waals surface area contributed by atoms with E-state index in [1.807, 2.05) is 0 Å². The lowest BCUT2D eigenvalue weighted by molar-refractivity contribution is 0.104. The summed E-state index contributed by atoms with van der Waals surface area (Å²) in [5.74, 6) is 2.44. The lowest BCUT2D eigenvalue weighted by atomic mass is 9.88. The van der Waals surface area contributed by atoms with Gasteiger partial charge < -0.3 is 10.1 Å². The largest absolute Gasteiger partial charge is 0.458 e. The van der Waals surface area contributed by atoms with Crippen molar-refractivity contribution < 1.29 is 4.74 Å². The van der Waals surface area contributed by atoms with Gasteiger partial charge in [-0.15, -0.1) is 0 Å². The normalized spacial score (nSPS) is 42.1. The molecule has 5 heteroatoms. The van der Waals surface area contributed by atoms with Crippen LogP contribution in [0.2, 0.25) is 0 Å². The summed E-state index contributed by atoms with van der Waals surface area (Å²) in [6, 6.07) is 1.04. The molecule has 5 atom stereocenters. The van der Waals surface area contributed by atoms with Crippen molar-refractivity contribution in [2.75, 3.05) is 6.54 Å². The fraction of sp³-hybridized carbons (Fsp3) is 0.667. The average molecular weight is 296 g/mol. The summed E-state index contributed by atoms with van der Waals surface area (Å²) >= 11 is 3.33. The van der Waals surface area contributed by atoms with E-state index in [9.17, 15) is 0 Å². The SMILES string of the molecule is Brc1cnc(OC2C3CC4CNC2C4C3)nc1. The summed E-state index contributed by atoms with van der Waals surface area (Å²) in [5, 5.41) is 3.60. The third kappa shape index (κ3) is 1.52. The minimum Gasteiger partial charge on any atom is -0.458 e. The third-order valence-electron chi connectivity index (χ3n) is 4.52. The molecule has 3 fully saturated rings. The predicted octanol–water partition coefficient (Wildman–Crippen LogP) is 1.61. The second-order valence-electron chi connectivity index (χ2n) is 5.36. The first-order valence-electron chi connectivity index (χ1n) is 6.19. The number of nitrogens with zero attached hydrogens (tertiary/aromatic N) is 2. The molecule has 1 saturated heterocycles. The molecular formula is C12H14BrN3O. The number of hydrogen-bond donors (Lipinski definition) is 1. The fourth-order valence-corrected chi connectivity index (χ4v) is 4.09. The third-order valence-corrected chi connectivity index (χ3v) is 4.93. The van der Waals surface area contributed by atoms with Gasteiger partial charge in [0, 0.05) is 18.4 Å². The first kappa shape index (κ1) is 10.3. The van der Waals surface area contributed by atoms with E-state index in [1.165, 1.54) is 19.4 Å². The van der Waals surface area contributed by atoms with Gasteiger partial charge in [-0.2, -0.15) is 0 Å². The number of rotatable bonds is 2. The molecular weight excluding hydrogens is 282 g/mol. The molecule has 1 aromatic rings. The smallest absolute Gasteiger partial charge is 0.316 e. The molecule has 2 saturated carbocycles. The van der Waals surface area contributed by atoms with Gasteiger partial charge in [0.2, 0.25) is 0 Å². The maximum atomic E-state index is 5.99. The zero-order valence-corrected chi connectivity index (χ0v) is 10.9.